The second-order valence-electron chi connectivity index (χ2n) is 6.27. The van der Waals surface area contributed by atoms with Gasteiger partial charge >= 0.3 is 0 Å². The molecule has 4 rings (SSSR count). The maximum atomic E-state index is 12.6. The number of carbonyl (C=O) groups is 1. The molecule has 0 aromatic carbocycles. The van der Waals surface area contributed by atoms with Crippen molar-refractivity contribution in [2.75, 3.05) is 31.6 Å². The minimum Gasteiger partial charge on any atom is -0.337 e. The number of aromatic nitrogens is 1. The fraction of sp³-hybridized carbons (Fsp3) is 0.714. The zero-order valence-corrected chi connectivity index (χ0v) is 15.7. The summed E-state index contributed by atoms with van der Waals surface area (Å²) in [6.07, 6.45) is 3.15. The number of carbonyl (C=O) groups excluding carboxylic acids is 1. The molecule has 0 aliphatic carbocycles. The largest absolute Gasteiger partial charge is 0.337 e. The van der Waals surface area contributed by atoms with Gasteiger partial charge in [-0.2, -0.15) is 4.31 Å². The van der Waals surface area contributed by atoms with E-state index in [0.717, 1.165) is 22.9 Å². The maximum Gasteiger partial charge on any atom is 0.233 e. The summed E-state index contributed by atoms with van der Waals surface area (Å²) in [5, 5.41) is 1.98. The van der Waals surface area contributed by atoms with E-state index in [0.29, 0.717) is 25.4 Å². The summed E-state index contributed by atoms with van der Waals surface area (Å²) in [7, 11) is -3.19. The lowest BCUT2D eigenvalue weighted by atomic mass is 9.95. The van der Waals surface area contributed by atoms with Crippen LogP contribution in [0.15, 0.2) is 9.72 Å². The molecule has 9 heteroatoms. The highest BCUT2D eigenvalue weighted by molar-refractivity contribution is 8.01. The average molecular weight is 376 g/mol. The molecule has 4 heterocycles. The second-order valence-corrected chi connectivity index (χ2v) is 10.3. The highest BCUT2D eigenvalue weighted by atomic mass is 32.2. The number of hydrogen-bond donors (Lipinski definition) is 0. The predicted molar refractivity (Wildman–Crippen MR) is 92.2 cm³/mol. The standard InChI is InChI=1S/C14H21N3O3S3/c1-10-8-21-14(15-10)22-9-13(18)17-6-11-3-4-12(17)7-16(5-11)23(2,19)20/h8,11-12H,3-7,9H2,1-2H3/t11-,12+/m0/s1. The SMILES string of the molecule is Cc1csc(SCC(=O)N2C[C@H]3CC[C@@H]2CN(S(C)(=O)=O)C3)n1. The van der Waals surface area contributed by atoms with Crippen molar-refractivity contribution in [1.82, 2.24) is 14.2 Å². The van der Waals surface area contributed by atoms with Crippen molar-refractivity contribution in [2.24, 2.45) is 5.92 Å². The normalized spacial score (nSPS) is 25.6. The Morgan fingerprint density at radius 1 is 1.39 bits per heavy atom. The van der Waals surface area contributed by atoms with E-state index >= 15 is 0 Å². The number of sulfonamides is 1. The average Bonchev–Trinajstić information content (AvgIpc) is 2.71. The molecule has 2 atom stereocenters. The summed E-state index contributed by atoms with van der Waals surface area (Å²) in [5.74, 6) is 0.710. The molecule has 3 saturated heterocycles. The summed E-state index contributed by atoms with van der Waals surface area (Å²) in [6.45, 7) is 3.59. The number of piperidine rings is 1. The molecule has 3 aliphatic rings. The molecule has 1 aromatic heterocycles. The van der Waals surface area contributed by atoms with Crippen molar-refractivity contribution in [3.63, 3.8) is 0 Å². The van der Waals surface area contributed by atoms with Crippen LogP contribution in [0.2, 0.25) is 0 Å². The first-order valence-corrected chi connectivity index (χ1v) is 11.3. The van der Waals surface area contributed by atoms with Crippen molar-refractivity contribution < 1.29 is 13.2 Å². The number of nitrogens with zero attached hydrogens (tertiary/aromatic N) is 3. The van der Waals surface area contributed by atoms with Crippen molar-refractivity contribution >= 4 is 39.0 Å². The number of thiazole rings is 1. The molecule has 0 radical (unpaired) electrons. The second kappa shape index (κ2) is 6.70. The molecule has 2 bridgehead atoms. The van der Waals surface area contributed by atoms with Crippen LogP contribution in [0.5, 0.6) is 0 Å². The van der Waals surface area contributed by atoms with Gasteiger partial charge in [0.25, 0.3) is 0 Å². The highest BCUT2D eigenvalue weighted by Crippen LogP contribution is 2.30. The lowest BCUT2D eigenvalue weighted by Crippen LogP contribution is -2.48. The molecule has 3 fully saturated rings. The van der Waals surface area contributed by atoms with Crippen molar-refractivity contribution in [3.05, 3.63) is 11.1 Å². The van der Waals surface area contributed by atoms with Crippen LogP contribution < -0.4 is 0 Å². The van der Waals surface area contributed by atoms with Gasteiger partial charge in [0, 0.05) is 36.8 Å². The van der Waals surface area contributed by atoms with Crippen molar-refractivity contribution in [3.8, 4) is 0 Å². The van der Waals surface area contributed by atoms with E-state index in [2.05, 4.69) is 4.98 Å². The van der Waals surface area contributed by atoms with Crippen molar-refractivity contribution in [1.29, 1.82) is 0 Å². The van der Waals surface area contributed by atoms with Crippen LogP contribution in [0.4, 0.5) is 0 Å². The number of aryl methyl sites for hydroxylation is 1. The quantitative estimate of drug-likeness (QED) is 0.745. The Bertz CT molecular complexity index is 688. The first-order chi connectivity index (χ1) is 10.8. The lowest BCUT2D eigenvalue weighted by molar-refractivity contribution is -0.132. The van der Waals surface area contributed by atoms with Gasteiger partial charge in [-0.1, -0.05) is 11.8 Å². The van der Waals surface area contributed by atoms with Gasteiger partial charge in [-0.3, -0.25) is 4.79 Å². The highest BCUT2D eigenvalue weighted by Gasteiger charge is 2.39. The Balaban J connectivity index is 1.65. The van der Waals surface area contributed by atoms with Gasteiger partial charge in [-0.05, 0) is 25.7 Å². The van der Waals surface area contributed by atoms with E-state index < -0.39 is 10.0 Å². The predicted octanol–water partition coefficient (Wildman–Crippen LogP) is 1.43. The lowest BCUT2D eigenvalue weighted by Gasteiger charge is -2.36. The molecule has 0 N–H and O–H groups in total. The molecule has 128 valence electrons. The maximum absolute atomic E-state index is 12.6. The number of thioether (sulfide) groups is 1. The monoisotopic (exact) mass is 375 g/mol. The van der Waals surface area contributed by atoms with Crippen molar-refractivity contribution in [2.45, 2.75) is 30.1 Å². The van der Waals surface area contributed by atoms with Gasteiger partial charge in [0.2, 0.25) is 15.9 Å². The van der Waals surface area contributed by atoms with Crippen LogP contribution >= 0.6 is 23.1 Å². The smallest absolute Gasteiger partial charge is 0.233 e. The third-order valence-electron chi connectivity index (χ3n) is 4.39. The summed E-state index contributed by atoms with van der Waals surface area (Å²) in [4.78, 5) is 18.8. The molecule has 6 nitrogen and oxygen atoms in total. The van der Waals surface area contributed by atoms with Crippen LogP contribution in [0.1, 0.15) is 18.5 Å². The van der Waals surface area contributed by atoms with E-state index in [9.17, 15) is 13.2 Å². The summed E-state index contributed by atoms with van der Waals surface area (Å²) in [6, 6.07) is 0.00889. The Hall–Kier alpha value is -0.640. The Morgan fingerprint density at radius 3 is 2.83 bits per heavy atom. The molecule has 0 spiro atoms. The van der Waals surface area contributed by atoms with Gasteiger partial charge in [0.15, 0.2) is 4.34 Å². The summed E-state index contributed by atoms with van der Waals surface area (Å²) in [5.41, 5.74) is 0.975. The van der Waals surface area contributed by atoms with E-state index in [-0.39, 0.29) is 17.9 Å². The third-order valence-corrected chi connectivity index (χ3v) is 7.75. The van der Waals surface area contributed by atoms with Gasteiger partial charge < -0.3 is 4.90 Å². The fourth-order valence-corrected chi connectivity index (χ4v) is 5.88. The first kappa shape index (κ1) is 17.2. The molecule has 1 amide bonds. The minimum absolute atomic E-state index is 0.00889. The van der Waals surface area contributed by atoms with Gasteiger partial charge in [0.1, 0.15) is 0 Å². The minimum atomic E-state index is -3.19. The van der Waals surface area contributed by atoms with Crippen LogP contribution in [0, 0.1) is 12.8 Å². The summed E-state index contributed by atoms with van der Waals surface area (Å²) >= 11 is 3.02. The molecule has 0 saturated carbocycles. The summed E-state index contributed by atoms with van der Waals surface area (Å²) < 4.78 is 26.2. The molecular formula is C14H21N3O3S3. The number of rotatable bonds is 4. The fourth-order valence-electron chi connectivity index (χ4n) is 3.22. The van der Waals surface area contributed by atoms with Crippen LogP contribution in [-0.2, 0) is 14.8 Å². The Labute approximate surface area is 145 Å². The van der Waals surface area contributed by atoms with E-state index in [4.69, 9.17) is 0 Å². The van der Waals surface area contributed by atoms with Crippen LogP contribution in [-0.4, -0.2) is 66.2 Å². The number of amides is 1. The third kappa shape index (κ3) is 4.07. The molecule has 0 unspecified atom stereocenters. The number of fused-ring (bicyclic) bond motifs is 4. The molecule has 3 aliphatic heterocycles. The molecule has 23 heavy (non-hydrogen) atoms. The topological polar surface area (TPSA) is 70.6 Å². The van der Waals surface area contributed by atoms with E-state index in [1.165, 1.54) is 18.0 Å². The Morgan fingerprint density at radius 2 is 2.17 bits per heavy atom. The molecule has 1 aromatic rings. The zero-order valence-electron chi connectivity index (χ0n) is 13.3. The van der Waals surface area contributed by atoms with E-state index in [1.54, 1.807) is 15.6 Å². The van der Waals surface area contributed by atoms with Gasteiger partial charge in [-0.15, -0.1) is 11.3 Å². The van der Waals surface area contributed by atoms with Gasteiger partial charge in [-0.25, -0.2) is 13.4 Å². The van der Waals surface area contributed by atoms with Gasteiger partial charge in [0.05, 0.1) is 12.0 Å². The van der Waals surface area contributed by atoms with E-state index in [1.807, 2.05) is 17.2 Å². The zero-order chi connectivity index (χ0) is 16.6. The Kier molecular flexibility index (Phi) is 5.01. The first-order valence-electron chi connectivity index (χ1n) is 7.62. The molecular weight excluding hydrogens is 354 g/mol. The van der Waals surface area contributed by atoms with Crippen LogP contribution in [0.25, 0.3) is 0 Å². The number of hydrogen-bond acceptors (Lipinski definition) is 6. The van der Waals surface area contributed by atoms with Crippen LogP contribution in [0.3, 0.4) is 0 Å².